The number of amides is 1. The highest BCUT2D eigenvalue weighted by molar-refractivity contribution is 5.67. The van der Waals surface area contributed by atoms with Crippen LogP contribution in [0.15, 0.2) is 54.6 Å². The second-order valence-electron chi connectivity index (χ2n) is 11.1. The molecule has 7 nitrogen and oxygen atoms in total. The van der Waals surface area contributed by atoms with E-state index < -0.39 is 11.5 Å². The van der Waals surface area contributed by atoms with Crippen LogP contribution in [-0.2, 0) is 10.2 Å². The van der Waals surface area contributed by atoms with Crippen molar-refractivity contribution in [3.8, 4) is 6.07 Å². The van der Waals surface area contributed by atoms with E-state index in [4.69, 9.17) is 11.3 Å². The smallest absolute Gasteiger partial charge is 0.407 e. The highest BCUT2D eigenvalue weighted by atomic mass is 16.6. The van der Waals surface area contributed by atoms with Gasteiger partial charge >= 0.3 is 6.09 Å². The van der Waals surface area contributed by atoms with Crippen LogP contribution in [0.4, 0.5) is 16.2 Å². The molecule has 1 unspecified atom stereocenters. The summed E-state index contributed by atoms with van der Waals surface area (Å²) in [6.45, 7) is 12.3. The van der Waals surface area contributed by atoms with Crippen molar-refractivity contribution in [2.24, 2.45) is 17.8 Å². The molecule has 198 valence electrons. The lowest BCUT2D eigenvalue weighted by Gasteiger charge is -2.48. The number of nitrogens with zero attached hydrogens (tertiary/aromatic N) is 4. The van der Waals surface area contributed by atoms with Gasteiger partial charge in [-0.15, -0.1) is 0 Å². The van der Waals surface area contributed by atoms with Crippen LogP contribution in [0.25, 0.3) is 4.85 Å². The summed E-state index contributed by atoms with van der Waals surface area (Å²) in [6, 6.07) is 20.9. The largest absolute Gasteiger partial charge is 0.446 e. The summed E-state index contributed by atoms with van der Waals surface area (Å²) < 4.78 is 5.82. The van der Waals surface area contributed by atoms with Crippen LogP contribution in [0.5, 0.6) is 0 Å². The van der Waals surface area contributed by atoms with Crippen molar-refractivity contribution < 1.29 is 9.53 Å². The van der Waals surface area contributed by atoms with Crippen molar-refractivity contribution in [3.05, 3.63) is 71.6 Å². The van der Waals surface area contributed by atoms with Gasteiger partial charge in [-0.05, 0) is 68.8 Å². The van der Waals surface area contributed by atoms with E-state index in [0.29, 0.717) is 11.6 Å². The number of alkyl carbamates (subject to hydrolysis) is 1. The topological polar surface area (TPSA) is 73.0 Å². The first-order valence-electron chi connectivity index (χ1n) is 13.9. The van der Waals surface area contributed by atoms with Gasteiger partial charge in [0.2, 0.25) is 0 Å². The first-order valence-corrected chi connectivity index (χ1v) is 13.9. The van der Waals surface area contributed by atoms with Gasteiger partial charge < -0.3 is 19.9 Å². The van der Waals surface area contributed by atoms with E-state index in [1.165, 1.54) is 5.69 Å². The summed E-state index contributed by atoms with van der Waals surface area (Å²) >= 11 is 0. The molecule has 3 atom stereocenters. The number of hydrogen-bond donors (Lipinski definition) is 1. The second kappa shape index (κ2) is 11.5. The Balaban J connectivity index is 1.24. The Morgan fingerprint density at radius 3 is 2.45 bits per heavy atom. The van der Waals surface area contributed by atoms with Crippen LogP contribution < -0.4 is 10.2 Å². The van der Waals surface area contributed by atoms with Gasteiger partial charge in [0.15, 0.2) is 5.69 Å². The first-order chi connectivity index (χ1) is 18.6. The Morgan fingerprint density at radius 1 is 1.11 bits per heavy atom. The molecule has 0 aromatic heterocycles. The minimum atomic E-state index is -0.659. The fourth-order valence-corrected chi connectivity index (χ4v) is 7.06. The Bertz CT molecular complexity index is 1170. The molecule has 2 saturated heterocycles. The normalized spacial score (nSPS) is 24.0. The van der Waals surface area contributed by atoms with Crippen LogP contribution in [0.2, 0.25) is 0 Å². The molecule has 1 amide bonds. The highest BCUT2D eigenvalue weighted by Crippen LogP contribution is 2.51. The van der Waals surface area contributed by atoms with Gasteiger partial charge in [0.25, 0.3) is 0 Å². The first kappa shape index (κ1) is 26.1. The molecule has 1 N–H and O–H groups in total. The predicted molar refractivity (Wildman–Crippen MR) is 148 cm³/mol. The van der Waals surface area contributed by atoms with Crippen molar-refractivity contribution in [2.75, 3.05) is 44.7 Å². The lowest BCUT2D eigenvalue weighted by Crippen LogP contribution is -2.54. The van der Waals surface area contributed by atoms with E-state index in [-0.39, 0.29) is 17.9 Å². The number of rotatable bonds is 7. The number of nitrogens with one attached hydrogen (secondary N) is 1. The molecule has 7 heteroatoms. The van der Waals surface area contributed by atoms with Gasteiger partial charge in [0, 0.05) is 44.2 Å². The third kappa shape index (κ3) is 5.08. The second-order valence-corrected chi connectivity index (χ2v) is 11.1. The Morgan fingerprint density at radius 2 is 1.82 bits per heavy atom. The van der Waals surface area contributed by atoms with Crippen LogP contribution in [0, 0.1) is 35.7 Å². The number of benzene rings is 2. The molecule has 2 aromatic rings. The maximum Gasteiger partial charge on any atom is 0.407 e. The number of likely N-dealkylation sites (tertiary alicyclic amines) is 1. The number of hydrogen-bond acceptors (Lipinski definition) is 5. The van der Waals surface area contributed by atoms with Crippen LogP contribution in [-0.4, -0.2) is 56.9 Å². The molecular weight excluding hydrogens is 474 g/mol. The summed E-state index contributed by atoms with van der Waals surface area (Å²) in [4.78, 5) is 20.6. The van der Waals surface area contributed by atoms with E-state index >= 15 is 0 Å². The number of anilines is 1. The quantitative estimate of drug-likeness (QED) is 0.506. The number of carbonyl (C=O) groups excluding carboxylic acids is 1. The zero-order valence-corrected chi connectivity index (χ0v) is 22.2. The van der Waals surface area contributed by atoms with Gasteiger partial charge in [0.1, 0.15) is 6.10 Å². The highest BCUT2D eigenvalue weighted by Gasteiger charge is 2.53. The summed E-state index contributed by atoms with van der Waals surface area (Å²) in [5, 5.41) is 13.4. The van der Waals surface area contributed by atoms with Crippen LogP contribution in [0.3, 0.4) is 0 Å². The van der Waals surface area contributed by atoms with E-state index in [1.807, 2.05) is 42.5 Å². The minimum Gasteiger partial charge on any atom is -0.446 e. The summed E-state index contributed by atoms with van der Waals surface area (Å²) in [5.74, 6) is 0.865. The van der Waals surface area contributed by atoms with Gasteiger partial charge in [-0.1, -0.05) is 42.5 Å². The number of nitriles is 1. The zero-order chi connectivity index (χ0) is 26.5. The maximum atomic E-state index is 12.1. The fraction of sp³-hybridized carbons (Fsp3) is 0.516. The predicted octanol–water partition coefficient (Wildman–Crippen LogP) is 5.37. The van der Waals surface area contributed by atoms with Gasteiger partial charge in [-0.3, -0.25) is 0 Å². The van der Waals surface area contributed by atoms with Crippen LogP contribution in [0.1, 0.15) is 37.7 Å². The lowest BCUT2D eigenvalue weighted by atomic mass is 9.59. The Kier molecular flexibility index (Phi) is 7.86. The van der Waals surface area contributed by atoms with Crippen molar-refractivity contribution in [1.29, 1.82) is 5.26 Å². The molecule has 0 spiro atoms. The Labute approximate surface area is 226 Å². The van der Waals surface area contributed by atoms with E-state index in [9.17, 15) is 10.1 Å². The van der Waals surface area contributed by atoms with E-state index in [0.717, 1.165) is 70.4 Å². The zero-order valence-electron chi connectivity index (χ0n) is 22.2. The molecule has 0 radical (unpaired) electrons. The van der Waals surface area contributed by atoms with Crippen molar-refractivity contribution in [3.63, 3.8) is 0 Å². The van der Waals surface area contributed by atoms with Crippen molar-refractivity contribution in [2.45, 2.75) is 43.6 Å². The molecule has 1 saturated carbocycles. The third-order valence-corrected chi connectivity index (χ3v) is 8.99. The van der Waals surface area contributed by atoms with Gasteiger partial charge in [0.05, 0.1) is 18.1 Å². The summed E-state index contributed by atoms with van der Waals surface area (Å²) in [5.41, 5.74) is 2.28. The van der Waals surface area contributed by atoms with Gasteiger partial charge in [-0.2, -0.15) is 5.26 Å². The van der Waals surface area contributed by atoms with Crippen molar-refractivity contribution >= 4 is 17.5 Å². The summed E-state index contributed by atoms with van der Waals surface area (Å²) in [7, 11) is 1.59. The van der Waals surface area contributed by atoms with E-state index in [1.54, 1.807) is 7.05 Å². The summed E-state index contributed by atoms with van der Waals surface area (Å²) in [6.07, 6.45) is 3.98. The molecule has 2 aromatic carbocycles. The number of ether oxygens (including phenoxy) is 1. The molecule has 2 heterocycles. The number of piperidine rings is 1. The molecule has 38 heavy (non-hydrogen) atoms. The Hall–Kier alpha value is -3.55. The monoisotopic (exact) mass is 511 g/mol. The minimum absolute atomic E-state index is 0.00168. The van der Waals surface area contributed by atoms with Crippen molar-refractivity contribution in [1.82, 2.24) is 10.2 Å². The average Bonchev–Trinajstić information content (AvgIpc) is 3.41. The molecule has 3 fully saturated rings. The number of carbonyl (C=O) groups is 1. The molecule has 3 aliphatic rings. The SMILES string of the molecule is [C-]#[N+]c1ccc(N2CC(CN3CCC(C(C#N)(c4ccccc4)[C@@H]4CCC[C@H]4OC(=O)NC)CC3)C2)cc1. The molecule has 0 bridgehead atoms. The lowest BCUT2D eigenvalue weighted by molar-refractivity contribution is 0.0307. The standard InChI is InChI=1S/C31H37N5O2/c1-33-26-11-13-27(14-12-26)36-20-23(21-36)19-35-17-15-25(16-18-35)31(22-32,24-7-4-3-5-8-24)28-9-6-10-29(28)38-30(37)34-2/h3-5,7-8,11-14,23,25,28-29H,6,9-10,15-21H2,2H3,(H,34,37)/t28-,29-,31?/m1/s1. The third-order valence-electron chi connectivity index (χ3n) is 8.99. The molecule has 1 aliphatic carbocycles. The van der Waals surface area contributed by atoms with Gasteiger partial charge in [-0.25, -0.2) is 9.64 Å². The fourth-order valence-electron chi connectivity index (χ4n) is 7.06. The molecule has 2 aliphatic heterocycles. The van der Waals surface area contributed by atoms with E-state index in [2.05, 4.69) is 38.2 Å². The maximum absolute atomic E-state index is 12.1. The molecular formula is C31H37N5O2. The average molecular weight is 512 g/mol. The van der Waals surface area contributed by atoms with Crippen LogP contribution >= 0.6 is 0 Å². The molecule has 5 rings (SSSR count).